The van der Waals surface area contributed by atoms with E-state index in [1.54, 1.807) is 0 Å². The maximum absolute atomic E-state index is 3.64. The molecule has 2 rings (SSSR count). The number of hydrogen-bond acceptors (Lipinski definition) is 1. The van der Waals surface area contributed by atoms with Gasteiger partial charge in [-0.15, -0.1) is 0 Å². The third kappa shape index (κ3) is 3.85. The highest BCUT2D eigenvalue weighted by Gasteiger charge is 2.22. The molecule has 1 saturated carbocycles. The molecule has 0 heterocycles. The SMILES string of the molecule is CCNC(CCC1CC1)c1cc(C)cc(C)c1. The van der Waals surface area contributed by atoms with Gasteiger partial charge in [-0.3, -0.25) is 0 Å². The number of benzene rings is 1. The molecule has 1 aromatic carbocycles. The van der Waals surface area contributed by atoms with Crippen LogP contribution in [0, 0.1) is 19.8 Å². The van der Waals surface area contributed by atoms with E-state index in [1.807, 2.05) is 0 Å². The normalized spacial score (nSPS) is 17.1. The zero-order valence-electron chi connectivity index (χ0n) is 11.4. The van der Waals surface area contributed by atoms with Crippen LogP contribution >= 0.6 is 0 Å². The van der Waals surface area contributed by atoms with Gasteiger partial charge in [-0.25, -0.2) is 0 Å². The van der Waals surface area contributed by atoms with E-state index in [-0.39, 0.29) is 0 Å². The van der Waals surface area contributed by atoms with Crippen LogP contribution in [0.4, 0.5) is 0 Å². The summed E-state index contributed by atoms with van der Waals surface area (Å²) in [5, 5.41) is 3.64. The number of rotatable bonds is 6. The Labute approximate surface area is 106 Å². The molecule has 1 aliphatic carbocycles. The van der Waals surface area contributed by atoms with Crippen molar-refractivity contribution in [2.24, 2.45) is 5.92 Å². The monoisotopic (exact) mass is 231 g/mol. The molecule has 1 aliphatic rings. The van der Waals surface area contributed by atoms with Crippen LogP contribution in [0.5, 0.6) is 0 Å². The van der Waals surface area contributed by atoms with Crippen molar-refractivity contribution in [3.63, 3.8) is 0 Å². The predicted octanol–water partition coefficient (Wildman–Crippen LogP) is 4.14. The number of hydrogen-bond donors (Lipinski definition) is 1. The molecule has 1 atom stereocenters. The van der Waals surface area contributed by atoms with Gasteiger partial charge >= 0.3 is 0 Å². The fourth-order valence-electron chi connectivity index (χ4n) is 2.65. The van der Waals surface area contributed by atoms with Gasteiger partial charge in [0.15, 0.2) is 0 Å². The van der Waals surface area contributed by atoms with Crippen molar-refractivity contribution < 1.29 is 0 Å². The molecule has 1 nitrogen and oxygen atoms in total. The minimum Gasteiger partial charge on any atom is -0.310 e. The molecule has 94 valence electrons. The van der Waals surface area contributed by atoms with E-state index in [1.165, 1.54) is 42.4 Å². The zero-order valence-corrected chi connectivity index (χ0v) is 11.4. The Morgan fingerprint density at radius 3 is 2.35 bits per heavy atom. The lowest BCUT2D eigenvalue weighted by Gasteiger charge is -2.19. The second-order valence-electron chi connectivity index (χ2n) is 5.55. The third-order valence-corrected chi connectivity index (χ3v) is 3.66. The molecule has 0 bridgehead atoms. The molecule has 1 unspecified atom stereocenters. The second kappa shape index (κ2) is 5.68. The molecule has 1 fully saturated rings. The molecule has 0 aromatic heterocycles. The minimum absolute atomic E-state index is 0.555. The summed E-state index contributed by atoms with van der Waals surface area (Å²) in [6.07, 6.45) is 5.61. The smallest absolute Gasteiger partial charge is 0.0320 e. The van der Waals surface area contributed by atoms with Crippen molar-refractivity contribution in [3.05, 3.63) is 34.9 Å². The predicted molar refractivity (Wildman–Crippen MR) is 74.3 cm³/mol. The summed E-state index contributed by atoms with van der Waals surface area (Å²) in [6, 6.07) is 7.49. The Kier molecular flexibility index (Phi) is 4.22. The van der Waals surface area contributed by atoms with Crippen LogP contribution in [0.3, 0.4) is 0 Å². The highest BCUT2D eigenvalue weighted by atomic mass is 14.9. The standard InChI is InChI=1S/C16H25N/c1-4-17-16(8-7-14-5-6-14)15-10-12(2)9-13(3)11-15/h9-11,14,16-17H,4-8H2,1-3H3. The van der Waals surface area contributed by atoms with Gasteiger partial charge in [0.1, 0.15) is 0 Å². The van der Waals surface area contributed by atoms with Gasteiger partial charge in [-0.1, -0.05) is 49.1 Å². The van der Waals surface area contributed by atoms with Crippen LogP contribution in [-0.4, -0.2) is 6.54 Å². The van der Waals surface area contributed by atoms with Gasteiger partial charge in [0.2, 0.25) is 0 Å². The molecule has 0 aliphatic heterocycles. The lowest BCUT2D eigenvalue weighted by atomic mass is 9.97. The maximum Gasteiger partial charge on any atom is 0.0320 e. The highest BCUT2D eigenvalue weighted by molar-refractivity contribution is 5.30. The van der Waals surface area contributed by atoms with Gasteiger partial charge in [-0.2, -0.15) is 0 Å². The Balaban J connectivity index is 2.05. The first-order valence-electron chi connectivity index (χ1n) is 7.00. The van der Waals surface area contributed by atoms with Crippen LogP contribution in [0.2, 0.25) is 0 Å². The maximum atomic E-state index is 3.64. The second-order valence-corrected chi connectivity index (χ2v) is 5.55. The highest BCUT2D eigenvalue weighted by Crippen LogP contribution is 2.36. The molecule has 1 heteroatoms. The molecular formula is C16H25N. The topological polar surface area (TPSA) is 12.0 Å². The summed E-state index contributed by atoms with van der Waals surface area (Å²) in [4.78, 5) is 0. The summed E-state index contributed by atoms with van der Waals surface area (Å²) in [5.41, 5.74) is 4.24. The van der Waals surface area contributed by atoms with E-state index in [2.05, 4.69) is 44.3 Å². The Hall–Kier alpha value is -0.820. The Morgan fingerprint density at radius 2 is 1.82 bits per heavy atom. The first-order valence-corrected chi connectivity index (χ1v) is 7.00. The summed E-state index contributed by atoms with van der Waals surface area (Å²) >= 11 is 0. The first-order chi connectivity index (χ1) is 8.19. The van der Waals surface area contributed by atoms with E-state index >= 15 is 0 Å². The van der Waals surface area contributed by atoms with Gasteiger partial charge in [0.25, 0.3) is 0 Å². The molecule has 1 aromatic rings. The third-order valence-electron chi connectivity index (χ3n) is 3.66. The average molecular weight is 231 g/mol. The van der Waals surface area contributed by atoms with E-state index in [4.69, 9.17) is 0 Å². The summed E-state index contributed by atoms with van der Waals surface area (Å²) in [6.45, 7) is 7.65. The van der Waals surface area contributed by atoms with Crippen LogP contribution in [-0.2, 0) is 0 Å². The van der Waals surface area contributed by atoms with Crippen LogP contribution in [0.25, 0.3) is 0 Å². The molecule has 1 N–H and O–H groups in total. The minimum atomic E-state index is 0.555. The number of aryl methyl sites for hydroxylation is 2. The van der Waals surface area contributed by atoms with Crippen molar-refractivity contribution in [1.29, 1.82) is 0 Å². The fourth-order valence-corrected chi connectivity index (χ4v) is 2.65. The van der Waals surface area contributed by atoms with Crippen LogP contribution in [0.1, 0.15) is 55.3 Å². The van der Waals surface area contributed by atoms with Crippen molar-refractivity contribution in [2.45, 2.75) is 52.5 Å². The van der Waals surface area contributed by atoms with Crippen LogP contribution < -0.4 is 5.32 Å². The van der Waals surface area contributed by atoms with Crippen molar-refractivity contribution >= 4 is 0 Å². The molecule has 0 saturated heterocycles. The molecule has 0 radical (unpaired) electrons. The van der Waals surface area contributed by atoms with E-state index in [0.717, 1.165) is 12.5 Å². The molecule has 0 spiro atoms. The van der Waals surface area contributed by atoms with Gasteiger partial charge < -0.3 is 5.32 Å². The Morgan fingerprint density at radius 1 is 1.18 bits per heavy atom. The molecule has 17 heavy (non-hydrogen) atoms. The van der Waals surface area contributed by atoms with Crippen molar-refractivity contribution in [3.8, 4) is 0 Å². The Bertz CT molecular complexity index is 346. The summed E-state index contributed by atoms with van der Waals surface area (Å²) < 4.78 is 0. The largest absolute Gasteiger partial charge is 0.310 e. The van der Waals surface area contributed by atoms with Crippen molar-refractivity contribution in [2.75, 3.05) is 6.54 Å². The quantitative estimate of drug-likeness (QED) is 0.775. The fraction of sp³-hybridized carbons (Fsp3) is 0.625. The number of nitrogens with one attached hydrogen (secondary N) is 1. The van der Waals surface area contributed by atoms with E-state index < -0.39 is 0 Å². The van der Waals surface area contributed by atoms with Gasteiger partial charge in [-0.05, 0) is 44.7 Å². The van der Waals surface area contributed by atoms with Crippen LogP contribution in [0.15, 0.2) is 18.2 Å². The zero-order chi connectivity index (χ0) is 12.3. The average Bonchev–Trinajstić information content (AvgIpc) is 3.06. The molecule has 0 amide bonds. The lowest BCUT2D eigenvalue weighted by molar-refractivity contribution is 0.481. The van der Waals surface area contributed by atoms with E-state index in [0.29, 0.717) is 6.04 Å². The summed E-state index contributed by atoms with van der Waals surface area (Å²) in [7, 11) is 0. The van der Waals surface area contributed by atoms with E-state index in [9.17, 15) is 0 Å². The first kappa shape index (κ1) is 12.6. The van der Waals surface area contributed by atoms with Gasteiger partial charge in [0.05, 0.1) is 0 Å². The lowest BCUT2D eigenvalue weighted by Crippen LogP contribution is -2.21. The molecular weight excluding hydrogens is 206 g/mol. The summed E-state index contributed by atoms with van der Waals surface area (Å²) in [5.74, 6) is 1.03. The van der Waals surface area contributed by atoms with Crippen molar-refractivity contribution in [1.82, 2.24) is 5.32 Å². The van der Waals surface area contributed by atoms with Gasteiger partial charge in [0, 0.05) is 6.04 Å².